The maximum Gasteiger partial charge on any atom is 0.331 e. The second-order valence-corrected chi connectivity index (χ2v) is 7.37. The highest BCUT2D eigenvalue weighted by molar-refractivity contribution is 8.26. The Labute approximate surface area is 146 Å². The molecule has 23 heavy (non-hydrogen) atoms. The van der Waals surface area contributed by atoms with Crippen LogP contribution in [-0.2, 0) is 9.59 Å². The van der Waals surface area contributed by atoms with Crippen LogP contribution >= 0.6 is 35.3 Å². The molecule has 1 aromatic heterocycles. The van der Waals surface area contributed by atoms with E-state index in [1.54, 1.807) is 36.4 Å². The number of thiocarbonyl (C=S) groups is 1. The van der Waals surface area contributed by atoms with Crippen LogP contribution in [0.1, 0.15) is 16.5 Å². The van der Waals surface area contributed by atoms with Gasteiger partial charge in [0, 0.05) is 4.88 Å². The highest BCUT2D eigenvalue weighted by Gasteiger charge is 2.41. The van der Waals surface area contributed by atoms with Gasteiger partial charge in [-0.05, 0) is 23.1 Å². The minimum Gasteiger partial charge on any atom is -0.479 e. The molecular weight excluding hydrogens is 350 g/mol. The number of benzene rings is 1. The Balaban J connectivity index is 1.97. The molecular formula is C16H11NO3S3. The molecule has 2 heterocycles. The van der Waals surface area contributed by atoms with Crippen molar-refractivity contribution in [2.24, 2.45) is 0 Å². The molecule has 7 heteroatoms. The number of carboxylic acids is 1. The Morgan fingerprint density at radius 2 is 1.96 bits per heavy atom. The summed E-state index contributed by atoms with van der Waals surface area (Å²) in [6, 6.07) is 11.3. The second-order valence-electron chi connectivity index (χ2n) is 4.72. The largest absolute Gasteiger partial charge is 0.479 e. The number of aliphatic carboxylic acids is 1. The molecule has 1 aliphatic rings. The molecule has 0 unspecified atom stereocenters. The Morgan fingerprint density at radius 3 is 2.57 bits per heavy atom. The summed E-state index contributed by atoms with van der Waals surface area (Å²) in [6.07, 6.45) is 1.74. The minimum absolute atomic E-state index is 0.258. The minimum atomic E-state index is -1.11. The van der Waals surface area contributed by atoms with Gasteiger partial charge in [-0.15, -0.1) is 11.3 Å². The number of carbonyl (C=O) groups is 2. The first-order valence-corrected chi connectivity index (χ1v) is 8.76. The van der Waals surface area contributed by atoms with Crippen LogP contribution in [0.3, 0.4) is 0 Å². The summed E-state index contributed by atoms with van der Waals surface area (Å²) >= 11 is 7.89. The van der Waals surface area contributed by atoms with Crippen molar-refractivity contribution in [3.8, 4) is 0 Å². The number of hydrogen-bond donors (Lipinski definition) is 1. The Kier molecular flexibility index (Phi) is 4.61. The SMILES string of the molecule is O=C(O)[C@H](c1ccccc1)N1C(=O)C(=Cc2cccs2)SC1=S. The molecule has 3 rings (SSSR count). The first-order chi connectivity index (χ1) is 11.1. The number of hydrogen-bond acceptors (Lipinski definition) is 5. The van der Waals surface area contributed by atoms with E-state index in [-0.39, 0.29) is 10.2 Å². The average molecular weight is 361 g/mol. The summed E-state index contributed by atoms with van der Waals surface area (Å²) in [7, 11) is 0. The summed E-state index contributed by atoms with van der Waals surface area (Å²) in [5.41, 5.74) is 0.522. The van der Waals surface area contributed by atoms with E-state index in [0.717, 1.165) is 16.6 Å². The van der Waals surface area contributed by atoms with Gasteiger partial charge in [-0.1, -0.05) is 60.4 Å². The van der Waals surface area contributed by atoms with Gasteiger partial charge in [0.15, 0.2) is 6.04 Å². The molecule has 0 bridgehead atoms. The summed E-state index contributed by atoms with van der Waals surface area (Å²) in [6.45, 7) is 0. The third-order valence-corrected chi connectivity index (χ3v) is 5.40. The third-order valence-electron chi connectivity index (χ3n) is 3.25. The number of carbonyl (C=O) groups excluding carboxylic acids is 1. The zero-order valence-electron chi connectivity index (χ0n) is 11.7. The number of carboxylic acid groups (broad SMARTS) is 1. The first kappa shape index (κ1) is 15.9. The molecule has 1 aliphatic heterocycles. The normalized spacial score (nSPS) is 17.7. The molecule has 0 radical (unpaired) electrons. The molecule has 1 aromatic carbocycles. The fourth-order valence-electron chi connectivity index (χ4n) is 2.24. The monoisotopic (exact) mass is 361 g/mol. The fraction of sp³-hybridized carbons (Fsp3) is 0.0625. The first-order valence-electron chi connectivity index (χ1n) is 6.66. The maximum atomic E-state index is 12.7. The Hall–Kier alpha value is -1.96. The molecule has 0 saturated carbocycles. The quantitative estimate of drug-likeness (QED) is 0.663. The maximum absolute atomic E-state index is 12.7. The average Bonchev–Trinajstić information content (AvgIpc) is 3.12. The number of nitrogens with zero attached hydrogens (tertiary/aromatic N) is 1. The van der Waals surface area contributed by atoms with Crippen LogP contribution in [0.15, 0.2) is 52.7 Å². The number of thioether (sulfide) groups is 1. The van der Waals surface area contributed by atoms with E-state index in [1.165, 1.54) is 16.2 Å². The van der Waals surface area contributed by atoms with Crippen LogP contribution < -0.4 is 0 Å². The Morgan fingerprint density at radius 1 is 1.22 bits per heavy atom. The van der Waals surface area contributed by atoms with Crippen molar-refractivity contribution in [1.29, 1.82) is 0 Å². The lowest BCUT2D eigenvalue weighted by atomic mass is 10.1. The molecule has 4 nitrogen and oxygen atoms in total. The van der Waals surface area contributed by atoms with Gasteiger partial charge < -0.3 is 5.11 Å². The summed E-state index contributed by atoms with van der Waals surface area (Å²) < 4.78 is 0.258. The van der Waals surface area contributed by atoms with Crippen molar-refractivity contribution in [2.45, 2.75) is 6.04 Å². The lowest BCUT2D eigenvalue weighted by Crippen LogP contribution is -2.37. The van der Waals surface area contributed by atoms with Gasteiger partial charge in [-0.3, -0.25) is 9.69 Å². The topological polar surface area (TPSA) is 57.6 Å². The molecule has 1 amide bonds. The summed E-state index contributed by atoms with van der Waals surface area (Å²) in [5.74, 6) is -1.48. The lowest BCUT2D eigenvalue weighted by Gasteiger charge is -2.23. The molecule has 1 fully saturated rings. The van der Waals surface area contributed by atoms with Gasteiger partial charge in [0.05, 0.1) is 4.91 Å². The van der Waals surface area contributed by atoms with Crippen LogP contribution in [0, 0.1) is 0 Å². The van der Waals surface area contributed by atoms with Crippen LogP contribution in [-0.4, -0.2) is 26.2 Å². The van der Waals surface area contributed by atoms with Crippen molar-refractivity contribution < 1.29 is 14.7 Å². The zero-order chi connectivity index (χ0) is 16.4. The zero-order valence-corrected chi connectivity index (χ0v) is 14.2. The van der Waals surface area contributed by atoms with Crippen molar-refractivity contribution in [1.82, 2.24) is 4.90 Å². The van der Waals surface area contributed by atoms with Crippen molar-refractivity contribution >= 4 is 57.6 Å². The van der Waals surface area contributed by atoms with E-state index in [4.69, 9.17) is 12.2 Å². The molecule has 0 spiro atoms. The van der Waals surface area contributed by atoms with E-state index in [0.29, 0.717) is 10.5 Å². The van der Waals surface area contributed by atoms with Crippen LogP contribution in [0.25, 0.3) is 6.08 Å². The highest BCUT2D eigenvalue weighted by Crippen LogP contribution is 2.38. The molecule has 1 saturated heterocycles. The van der Waals surface area contributed by atoms with E-state index >= 15 is 0 Å². The standard InChI is InChI=1S/C16H11NO3S3/c18-14-12(9-11-7-4-8-22-11)23-16(21)17(14)13(15(19)20)10-5-2-1-3-6-10/h1-9,13H,(H,19,20)/t13-/m0/s1. The number of thiophene rings is 1. The van der Waals surface area contributed by atoms with E-state index < -0.39 is 12.0 Å². The van der Waals surface area contributed by atoms with Gasteiger partial charge in [-0.25, -0.2) is 4.79 Å². The van der Waals surface area contributed by atoms with E-state index in [2.05, 4.69) is 0 Å². The predicted molar refractivity (Wildman–Crippen MR) is 96.1 cm³/mol. The number of rotatable bonds is 4. The van der Waals surface area contributed by atoms with Gasteiger partial charge >= 0.3 is 5.97 Å². The third kappa shape index (κ3) is 3.21. The predicted octanol–water partition coefficient (Wildman–Crippen LogP) is 3.78. The van der Waals surface area contributed by atoms with Gasteiger partial charge in [0.1, 0.15) is 4.32 Å². The van der Waals surface area contributed by atoms with Crippen molar-refractivity contribution in [2.75, 3.05) is 0 Å². The van der Waals surface area contributed by atoms with Crippen molar-refractivity contribution in [3.05, 3.63) is 63.2 Å². The van der Waals surface area contributed by atoms with E-state index in [9.17, 15) is 14.7 Å². The molecule has 116 valence electrons. The van der Waals surface area contributed by atoms with Crippen LogP contribution in [0.2, 0.25) is 0 Å². The van der Waals surface area contributed by atoms with Gasteiger partial charge in [-0.2, -0.15) is 0 Å². The Bertz CT molecular complexity index is 784. The van der Waals surface area contributed by atoms with Crippen LogP contribution in [0.4, 0.5) is 0 Å². The molecule has 2 aromatic rings. The summed E-state index contributed by atoms with van der Waals surface area (Å²) in [4.78, 5) is 26.9. The molecule has 0 aliphatic carbocycles. The van der Waals surface area contributed by atoms with Gasteiger partial charge in [0.2, 0.25) is 0 Å². The van der Waals surface area contributed by atoms with Crippen molar-refractivity contribution in [3.63, 3.8) is 0 Å². The number of amides is 1. The smallest absolute Gasteiger partial charge is 0.331 e. The molecule has 1 N–H and O–H groups in total. The highest BCUT2D eigenvalue weighted by atomic mass is 32.2. The fourth-order valence-corrected chi connectivity index (χ4v) is 4.28. The van der Waals surface area contributed by atoms with E-state index in [1.807, 2.05) is 17.5 Å². The summed E-state index contributed by atoms with van der Waals surface area (Å²) in [5, 5.41) is 11.5. The van der Waals surface area contributed by atoms with Gasteiger partial charge in [0.25, 0.3) is 5.91 Å². The lowest BCUT2D eigenvalue weighted by molar-refractivity contribution is -0.145. The molecule has 1 atom stereocenters. The second kappa shape index (κ2) is 6.66. The van der Waals surface area contributed by atoms with Crippen LogP contribution in [0.5, 0.6) is 0 Å².